The Kier molecular flexibility index (Phi) is 3.03. The highest BCUT2D eigenvalue weighted by Gasteiger charge is 2.30. The van der Waals surface area contributed by atoms with E-state index in [4.69, 9.17) is 4.98 Å². The first-order chi connectivity index (χ1) is 10.4. The van der Waals surface area contributed by atoms with Crippen LogP contribution in [0.25, 0.3) is 11.0 Å². The van der Waals surface area contributed by atoms with E-state index < -0.39 is 0 Å². The highest BCUT2D eigenvalue weighted by atomic mass is 15.2. The molecule has 0 radical (unpaired) electrons. The van der Waals surface area contributed by atoms with E-state index in [2.05, 4.69) is 40.2 Å². The number of aromatic nitrogens is 2. The van der Waals surface area contributed by atoms with Gasteiger partial charge in [-0.25, -0.2) is 4.98 Å². The second kappa shape index (κ2) is 5.17. The van der Waals surface area contributed by atoms with Crippen LogP contribution in [0.1, 0.15) is 18.4 Å². The number of benzene rings is 2. The molecule has 2 aromatic carbocycles. The number of para-hydroxylation sites is 2. The van der Waals surface area contributed by atoms with Crippen molar-refractivity contribution in [2.45, 2.75) is 25.4 Å². The second-order valence-electron chi connectivity index (χ2n) is 5.56. The first-order valence-corrected chi connectivity index (χ1v) is 7.42. The zero-order valence-corrected chi connectivity index (χ0v) is 11.8. The van der Waals surface area contributed by atoms with Gasteiger partial charge in [0, 0.05) is 12.6 Å². The van der Waals surface area contributed by atoms with Crippen LogP contribution >= 0.6 is 0 Å². The van der Waals surface area contributed by atoms with Crippen molar-refractivity contribution in [1.29, 1.82) is 0 Å². The molecule has 0 N–H and O–H groups in total. The maximum absolute atomic E-state index is 4.80. The second-order valence-corrected chi connectivity index (χ2v) is 5.56. The van der Waals surface area contributed by atoms with E-state index in [0.717, 1.165) is 23.4 Å². The molecule has 0 bridgehead atoms. The summed E-state index contributed by atoms with van der Waals surface area (Å²) in [7, 11) is 0. The molecule has 0 saturated heterocycles. The third kappa shape index (κ3) is 2.59. The van der Waals surface area contributed by atoms with Gasteiger partial charge < -0.3 is 4.90 Å². The molecule has 3 aromatic rings. The Morgan fingerprint density at radius 2 is 1.62 bits per heavy atom. The number of fused-ring (bicyclic) bond motifs is 1. The van der Waals surface area contributed by atoms with Crippen molar-refractivity contribution < 1.29 is 0 Å². The van der Waals surface area contributed by atoms with Crippen molar-refractivity contribution in [3.8, 4) is 0 Å². The van der Waals surface area contributed by atoms with Crippen LogP contribution in [-0.4, -0.2) is 16.0 Å². The molecule has 0 unspecified atom stereocenters. The Hall–Kier alpha value is -2.42. The Morgan fingerprint density at radius 1 is 0.905 bits per heavy atom. The molecule has 4 rings (SSSR count). The summed E-state index contributed by atoms with van der Waals surface area (Å²) < 4.78 is 0. The third-order valence-corrected chi connectivity index (χ3v) is 3.91. The Morgan fingerprint density at radius 3 is 2.38 bits per heavy atom. The summed E-state index contributed by atoms with van der Waals surface area (Å²) in [6.07, 6.45) is 4.41. The topological polar surface area (TPSA) is 29.0 Å². The lowest BCUT2D eigenvalue weighted by Crippen LogP contribution is -2.26. The molecule has 3 heteroatoms. The van der Waals surface area contributed by atoms with Gasteiger partial charge in [-0.1, -0.05) is 42.5 Å². The summed E-state index contributed by atoms with van der Waals surface area (Å²) in [5.74, 6) is 0.986. The van der Waals surface area contributed by atoms with Crippen molar-refractivity contribution in [3.05, 3.63) is 66.4 Å². The summed E-state index contributed by atoms with van der Waals surface area (Å²) in [5, 5.41) is 0. The number of nitrogens with zero attached hydrogens (tertiary/aromatic N) is 3. The van der Waals surface area contributed by atoms with Gasteiger partial charge in [-0.05, 0) is 30.5 Å². The molecule has 0 aliphatic heterocycles. The highest BCUT2D eigenvalue weighted by Crippen LogP contribution is 2.32. The molecule has 104 valence electrons. The molecule has 0 atom stereocenters. The van der Waals surface area contributed by atoms with Crippen LogP contribution < -0.4 is 4.90 Å². The SMILES string of the molecule is c1ccc(CN(c2cnc3ccccc3n2)C2CC2)cc1. The van der Waals surface area contributed by atoms with E-state index in [-0.39, 0.29) is 0 Å². The van der Waals surface area contributed by atoms with Crippen LogP contribution in [0, 0.1) is 0 Å². The summed E-state index contributed by atoms with van der Waals surface area (Å²) in [4.78, 5) is 11.7. The van der Waals surface area contributed by atoms with Gasteiger partial charge in [-0.15, -0.1) is 0 Å². The monoisotopic (exact) mass is 275 g/mol. The number of hydrogen-bond donors (Lipinski definition) is 0. The molecular formula is C18H17N3. The van der Waals surface area contributed by atoms with Crippen LogP contribution in [0.2, 0.25) is 0 Å². The molecule has 1 saturated carbocycles. The van der Waals surface area contributed by atoms with Crippen LogP contribution in [-0.2, 0) is 6.54 Å². The Balaban J connectivity index is 1.69. The van der Waals surface area contributed by atoms with Crippen molar-refractivity contribution in [3.63, 3.8) is 0 Å². The van der Waals surface area contributed by atoms with Crippen LogP contribution in [0.4, 0.5) is 5.82 Å². The fourth-order valence-corrected chi connectivity index (χ4v) is 2.65. The molecular weight excluding hydrogens is 258 g/mol. The number of rotatable bonds is 4. The summed E-state index contributed by atoms with van der Waals surface area (Å²) in [5.41, 5.74) is 3.24. The average Bonchev–Trinajstić information content (AvgIpc) is 3.38. The molecule has 0 spiro atoms. The average molecular weight is 275 g/mol. The summed E-state index contributed by atoms with van der Waals surface area (Å²) in [6.45, 7) is 0.901. The van der Waals surface area contributed by atoms with Crippen LogP contribution in [0.15, 0.2) is 60.8 Å². The van der Waals surface area contributed by atoms with Crippen molar-refractivity contribution in [2.75, 3.05) is 4.90 Å². The predicted molar refractivity (Wildman–Crippen MR) is 85.2 cm³/mol. The van der Waals surface area contributed by atoms with Gasteiger partial charge in [0.2, 0.25) is 0 Å². The summed E-state index contributed by atoms with van der Waals surface area (Å²) in [6, 6.07) is 19.2. The van der Waals surface area contributed by atoms with E-state index >= 15 is 0 Å². The first kappa shape index (κ1) is 12.3. The fourth-order valence-electron chi connectivity index (χ4n) is 2.65. The van der Waals surface area contributed by atoms with E-state index in [9.17, 15) is 0 Å². The first-order valence-electron chi connectivity index (χ1n) is 7.42. The summed E-state index contributed by atoms with van der Waals surface area (Å²) >= 11 is 0. The molecule has 1 heterocycles. The normalized spacial score (nSPS) is 14.3. The van der Waals surface area contributed by atoms with E-state index in [1.54, 1.807) is 0 Å². The van der Waals surface area contributed by atoms with Crippen molar-refractivity contribution >= 4 is 16.9 Å². The smallest absolute Gasteiger partial charge is 0.148 e. The van der Waals surface area contributed by atoms with Gasteiger partial charge in [0.05, 0.1) is 17.2 Å². The molecule has 21 heavy (non-hydrogen) atoms. The molecule has 1 aromatic heterocycles. The minimum Gasteiger partial charge on any atom is -0.348 e. The molecule has 1 fully saturated rings. The number of anilines is 1. The lowest BCUT2D eigenvalue weighted by atomic mass is 10.2. The minimum absolute atomic E-state index is 0.612. The third-order valence-electron chi connectivity index (χ3n) is 3.91. The quantitative estimate of drug-likeness (QED) is 0.725. The maximum Gasteiger partial charge on any atom is 0.148 e. The van der Waals surface area contributed by atoms with E-state index in [1.807, 2.05) is 30.5 Å². The van der Waals surface area contributed by atoms with Crippen LogP contribution in [0.5, 0.6) is 0 Å². The maximum atomic E-state index is 4.80. The van der Waals surface area contributed by atoms with Gasteiger partial charge in [-0.3, -0.25) is 4.98 Å². The van der Waals surface area contributed by atoms with Gasteiger partial charge in [0.1, 0.15) is 5.82 Å². The molecule has 1 aliphatic rings. The Bertz CT molecular complexity index is 751. The van der Waals surface area contributed by atoms with E-state index in [1.165, 1.54) is 18.4 Å². The van der Waals surface area contributed by atoms with Gasteiger partial charge >= 0.3 is 0 Å². The Labute approximate surface area is 124 Å². The van der Waals surface area contributed by atoms with Gasteiger partial charge in [-0.2, -0.15) is 0 Å². The standard InChI is InChI=1S/C18H17N3/c1-2-6-14(7-3-1)13-21(15-10-11-15)18-12-19-16-8-4-5-9-17(16)20-18/h1-9,12,15H,10-11,13H2. The molecule has 1 aliphatic carbocycles. The fraction of sp³-hybridized carbons (Fsp3) is 0.222. The highest BCUT2D eigenvalue weighted by molar-refractivity contribution is 5.75. The largest absolute Gasteiger partial charge is 0.348 e. The predicted octanol–water partition coefficient (Wildman–Crippen LogP) is 3.80. The molecule has 3 nitrogen and oxygen atoms in total. The number of hydrogen-bond acceptors (Lipinski definition) is 3. The zero-order valence-electron chi connectivity index (χ0n) is 11.8. The van der Waals surface area contributed by atoms with Crippen molar-refractivity contribution in [1.82, 2.24) is 9.97 Å². The molecule has 0 amide bonds. The van der Waals surface area contributed by atoms with Gasteiger partial charge in [0.15, 0.2) is 0 Å². The lowest BCUT2D eigenvalue weighted by molar-refractivity contribution is 0.778. The van der Waals surface area contributed by atoms with E-state index in [0.29, 0.717) is 6.04 Å². The zero-order chi connectivity index (χ0) is 14.1. The lowest BCUT2D eigenvalue weighted by Gasteiger charge is -2.23. The minimum atomic E-state index is 0.612. The van der Waals surface area contributed by atoms with Crippen molar-refractivity contribution in [2.24, 2.45) is 0 Å². The van der Waals surface area contributed by atoms with Gasteiger partial charge in [0.25, 0.3) is 0 Å². The van der Waals surface area contributed by atoms with Crippen LogP contribution in [0.3, 0.4) is 0 Å².